The number of hydrogen-bond acceptors (Lipinski definition) is 2. The molecule has 0 spiro atoms. The lowest BCUT2D eigenvalue weighted by atomic mass is 10.0. The van der Waals surface area contributed by atoms with E-state index in [4.69, 9.17) is 11.6 Å². The van der Waals surface area contributed by atoms with E-state index in [0.29, 0.717) is 6.42 Å². The second kappa shape index (κ2) is 6.76. The quantitative estimate of drug-likeness (QED) is 0.894. The molecule has 114 valence electrons. The van der Waals surface area contributed by atoms with Gasteiger partial charge in [-0.05, 0) is 42.7 Å². The Morgan fingerprint density at radius 3 is 2.82 bits per heavy atom. The van der Waals surface area contributed by atoms with Crippen LogP contribution in [0.3, 0.4) is 0 Å². The molecule has 1 unspecified atom stereocenters. The lowest BCUT2D eigenvalue weighted by Gasteiger charge is -2.26. The van der Waals surface area contributed by atoms with Gasteiger partial charge in [0.05, 0.1) is 12.5 Å². The summed E-state index contributed by atoms with van der Waals surface area (Å²) in [4.78, 5) is 13.5. The number of amides is 1. The van der Waals surface area contributed by atoms with E-state index in [0.717, 1.165) is 28.3 Å². The Labute approximate surface area is 140 Å². The standard InChI is InChI=1S/C18H18ClNOS/c1-12-2-4-13(5-3-12)10-18(21)20-16-8-9-22-17-7-6-14(19)11-15(16)17/h2-7,11,16H,8-10H2,1H3,(H,20,21). The first-order valence-corrected chi connectivity index (χ1v) is 8.75. The lowest BCUT2D eigenvalue weighted by Crippen LogP contribution is -2.31. The number of fused-ring (bicyclic) bond motifs is 1. The van der Waals surface area contributed by atoms with Crippen molar-refractivity contribution in [3.63, 3.8) is 0 Å². The van der Waals surface area contributed by atoms with Crippen molar-refractivity contribution < 1.29 is 4.79 Å². The van der Waals surface area contributed by atoms with Gasteiger partial charge in [0.1, 0.15) is 0 Å². The number of thioether (sulfide) groups is 1. The Balaban J connectivity index is 1.70. The smallest absolute Gasteiger partial charge is 0.224 e. The molecule has 3 rings (SSSR count). The normalized spacial score (nSPS) is 16.9. The second-order valence-electron chi connectivity index (χ2n) is 5.60. The summed E-state index contributed by atoms with van der Waals surface area (Å²) in [5.74, 6) is 1.08. The zero-order chi connectivity index (χ0) is 15.5. The summed E-state index contributed by atoms with van der Waals surface area (Å²) in [7, 11) is 0. The average molecular weight is 332 g/mol. The first-order valence-electron chi connectivity index (χ1n) is 7.39. The molecule has 0 radical (unpaired) electrons. The first kappa shape index (κ1) is 15.4. The predicted molar refractivity (Wildman–Crippen MR) is 92.6 cm³/mol. The Morgan fingerprint density at radius 2 is 2.05 bits per heavy atom. The minimum atomic E-state index is 0.0617. The van der Waals surface area contributed by atoms with E-state index in [-0.39, 0.29) is 11.9 Å². The Kier molecular flexibility index (Phi) is 4.74. The topological polar surface area (TPSA) is 29.1 Å². The van der Waals surface area contributed by atoms with Gasteiger partial charge in [-0.3, -0.25) is 4.79 Å². The summed E-state index contributed by atoms with van der Waals surface area (Å²) in [5.41, 5.74) is 3.39. The van der Waals surface area contributed by atoms with Crippen LogP contribution in [0.25, 0.3) is 0 Å². The minimum absolute atomic E-state index is 0.0617. The molecule has 1 amide bonds. The van der Waals surface area contributed by atoms with Crippen LogP contribution in [0.4, 0.5) is 0 Å². The third-order valence-corrected chi connectivity index (χ3v) is 5.19. The number of hydrogen-bond donors (Lipinski definition) is 1. The van der Waals surface area contributed by atoms with Crippen LogP contribution in [0.2, 0.25) is 5.02 Å². The zero-order valence-electron chi connectivity index (χ0n) is 12.4. The van der Waals surface area contributed by atoms with Gasteiger partial charge in [0.15, 0.2) is 0 Å². The van der Waals surface area contributed by atoms with Crippen LogP contribution in [0.1, 0.15) is 29.2 Å². The van der Waals surface area contributed by atoms with E-state index in [1.54, 1.807) is 0 Å². The molecule has 1 atom stereocenters. The zero-order valence-corrected chi connectivity index (χ0v) is 14.0. The van der Waals surface area contributed by atoms with Gasteiger partial charge < -0.3 is 5.32 Å². The summed E-state index contributed by atoms with van der Waals surface area (Å²) in [6.07, 6.45) is 1.36. The molecular weight excluding hydrogens is 314 g/mol. The third kappa shape index (κ3) is 3.65. The van der Waals surface area contributed by atoms with E-state index >= 15 is 0 Å². The molecule has 1 heterocycles. The molecule has 2 aromatic rings. The predicted octanol–water partition coefficient (Wildman–Crippen LogP) is 4.54. The van der Waals surface area contributed by atoms with Gasteiger partial charge in [0.25, 0.3) is 0 Å². The van der Waals surface area contributed by atoms with Crippen LogP contribution in [0.5, 0.6) is 0 Å². The molecule has 1 N–H and O–H groups in total. The minimum Gasteiger partial charge on any atom is -0.349 e. The van der Waals surface area contributed by atoms with Gasteiger partial charge in [-0.2, -0.15) is 0 Å². The van der Waals surface area contributed by atoms with Crippen molar-refractivity contribution in [3.8, 4) is 0 Å². The maximum atomic E-state index is 12.3. The number of carbonyl (C=O) groups excluding carboxylic acids is 1. The van der Waals surface area contributed by atoms with E-state index in [9.17, 15) is 4.79 Å². The number of halogens is 1. The highest BCUT2D eigenvalue weighted by Crippen LogP contribution is 2.37. The van der Waals surface area contributed by atoms with Crippen LogP contribution in [0, 0.1) is 6.92 Å². The molecular formula is C18H18ClNOS. The molecule has 1 aliphatic heterocycles. The molecule has 2 aromatic carbocycles. The van der Waals surface area contributed by atoms with Gasteiger partial charge in [0, 0.05) is 15.7 Å². The van der Waals surface area contributed by atoms with Gasteiger partial charge >= 0.3 is 0 Å². The lowest BCUT2D eigenvalue weighted by molar-refractivity contribution is -0.121. The van der Waals surface area contributed by atoms with Crippen LogP contribution >= 0.6 is 23.4 Å². The van der Waals surface area contributed by atoms with Crippen molar-refractivity contribution >= 4 is 29.3 Å². The molecule has 0 bridgehead atoms. The van der Waals surface area contributed by atoms with Crippen LogP contribution in [0.15, 0.2) is 47.4 Å². The maximum Gasteiger partial charge on any atom is 0.224 e. The first-order chi connectivity index (χ1) is 10.6. The number of nitrogens with one attached hydrogen (secondary N) is 1. The third-order valence-electron chi connectivity index (χ3n) is 3.83. The number of rotatable bonds is 3. The monoisotopic (exact) mass is 331 g/mol. The van der Waals surface area contributed by atoms with Crippen molar-refractivity contribution in [3.05, 3.63) is 64.2 Å². The number of carbonyl (C=O) groups is 1. The summed E-state index contributed by atoms with van der Waals surface area (Å²) in [6, 6.07) is 14.1. The van der Waals surface area contributed by atoms with Gasteiger partial charge in [-0.1, -0.05) is 41.4 Å². The fraction of sp³-hybridized carbons (Fsp3) is 0.278. The second-order valence-corrected chi connectivity index (χ2v) is 7.17. The Hall–Kier alpha value is -1.45. The van der Waals surface area contributed by atoms with Crippen molar-refractivity contribution in [2.24, 2.45) is 0 Å². The maximum absolute atomic E-state index is 12.3. The van der Waals surface area contributed by atoms with E-state index in [1.807, 2.05) is 61.2 Å². The van der Waals surface area contributed by atoms with E-state index < -0.39 is 0 Å². The molecule has 0 aromatic heterocycles. The highest BCUT2D eigenvalue weighted by Gasteiger charge is 2.22. The van der Waals surface area contributed by atoms with Crippen LogP contribution < -0.4 is 5.32 Å². The molecule has 4 heteroatoms. The summed E-state index contributed by atoms with van der Waals surface area (Å²) in [5, 5.41) is 3.88. The van der Waals surface area contributed by atoms with Gasteiger partial charge in [-0.15, -0.1) is 11.8 Å². The molecule has 0 saturated heterocycles. The van der Waals surface area contributed by atoms with Crippen LogP contribution in [-0.2, 0) is 11.2 Å². The SMILES string of the molecule is Cc1ccc(CC(=O)NC2CCSc3ccc(Cl)cc32)cc1. The molecule has 2 nitrogen and oxygen atoms in total. The summed E-state index contributed by atoms with van der Waals surface area (Å²) >= 11 is 7.93. The molecule has 1 aliphatic rings. The van der Waals surface area contributed by atoms with Crippen molar-refractivity contribution in [1.82, 2.24) is 5.32 Å². The van der Waals surface area contributed by atoms with Gasteiger partial charge in [0.2, 0.25) is 5.91 Å². The van der Waals surface area contributed by atoms with E-state index in [2.05, 4.69) is 5.32 Å². The largest absolute Gasteiger partial charge is 0.349 e. The van der Waals surface area contributed by atoms with E-state index in [1.165, 1.54) is 10.5 Å². The number of benzene rings is 2. The Bertz CT molecular complexity index is 684. The number of aryl methyl sites for hydroxylation is 1. The van der Waals surface area contributed by atoms with Gasteiger partial charge in [-0.25, -0.2) is 0 Å². The summed E-state index contributed by atoms with van der Waals surface area (Å²) < 4.78 is 0. The van der Waals surface area contributed by atoms with Crippen molar-refractivity contribution in [2.45, 2.75) is 30.7 Å². The van der Waals surface area contributed by atoms with Crippen molar-refractivity contribution in [2.75, 3.05) is 5.75 Å². The van der Waals surface area contributed by atoms with Crippen molar-refractivity contribution in [1.29, 1.82) is 0 Å². The average Bonchev–Trinajstić information content (AvgIpc) is 2.50. The highest BCUT2D eigenvalue weighted by atomic mass is 35.5. The highest BCUT2D eigenvalue weighted by molar-refractivity contribution is 7.99. The molecule has 0 saturated carbocycles. The fourth-order valence-corrected chi connectivity index (χ4v) is 3.94. The summed E-state index contributed by atoms with van der Waals surface area (Å²) in [6.45, 7) is 2.05. The fourth-order valence-electron chi connectivity index (χ4n) is 2.65. The Morgan fingerprint density at radius 1 is 1.27 bits per heavy atom. The molecule has 0 aliphatic carbocycles. The van der Waals surface area contributed by atoms with Crippen LogP contribution in [-0.4, -0.2) is 11.7 Å². The molecule has 0 fully saturated rings. The molecule has 22 heavy (non-hydrogen) atoms.